The topological polar surface area (TPSA) is 108 Å². The van der Waals surface area contributed by atoms with Crippen LogP contribution in [-0.2, 0) is 0 Å². The summed E-state index contributed by atoms with van der Waals surface area (Å²) in [6.45, 7) is 0.588. The summed E-state index contributed by atoms with van der Waals surface area (Å²) in [6, 6.07) is 7.28. The van der Waals surface area contributed by atoms with E-state index in [0.29, 0.717) is 48.7 Å². The van der Waals surface area contributed by atoms with Crippen molar-refractivity contribution in [1.29, 1.82) is 0 Å². The summed E-state index contributed by atoms with van der Waals surface area (Å²) in [5, 5.41) is 11.5. The lowest BCUT2D eigenvalue weighted by Gasteiger charge is -2.44. The van der Waals surface area contributed by atoms with E-state index in [4.69, 9.17) is 25.8 Å². The Labute approximate surface area is 189 Å². The highest BCUT2D eigenvalue weighted by atomic mass is 35.5. The molecule has 9 nitrogen and oxygen atoms in total. The van der Waals surface area contributed by atoms with Crippen molar-refractivity contribution in [3.63, 3.8) is 0 Å². The molecule has 0 saturated carbocycles. The summed E-state index contributed by atoms with van der Waals surface area (Å²) in [5.74, 6) is 0.744. The van der Waals surface area contributed by atoms with E-state index in [9.17, 15) is 19.7 Å². The van der Waals surface area contributed by atoms with Gasteiger partial charge < -0.3 is 19.1 Å². The number of ether oxygens (including phenoxy) is 3. The molecule has 10 heteroatoms. The number of piperidine rings is 1. The van der Waals surface area contributed by atoms with E-state index in [-0.39, 0.29) is 28.5 Å². The molecule has 0 N–H and O–H groups in total. The van der Waals surface area contributed by atoms with Crippen molar-refractivity contribution < 1.29 is 28.7 Å². The van der Waals surface area contributed by atoms with Gasteiger partial charge in [-0.15, -0.1) is 0 Å². The maximum Gasteiger partial charge on any atom is 0.283 e. The quantitative estimate of drug-likeness (QED) is 0.502. The smallest absolute Gasteiger partial charge is 0.283 e. The number of fused-ring (bicyclic) bond motifs is 1. The number of carbonyl (C=O) groups excluding carboxylic acids is 2. The minimum Gasteiger partial charge on any atom is -0.496 e. The van der Waals surface area contributed by atoms with Crippen molar-refractivity contribution in [3.05, 3.63) is 56.6 Å². The van der Waals surface area contributed by atoms with Crippen molar-refractivity contribution in [3.8, 4) is 17.2 Å². The van der Waals surface area contributed by atoms with Gasteiger partial charge in [-0.3, -0.25) is 19.7 Å². The predicted octanol–water partition coefficient (Wildman–Crippen LogP) is 3.91. The number of nitrogens with zero attached hydrogens (tertiary/aromatic N) is 2. The molecule has 168 valence electrons. The third-order valence-electron chi connectivity index (χ3n) is 5.93. The highest BCUT2D eigenvalue weighted by molar-refractivity contribution is 6.31. The van der Waals surface area contributed by atoms with E-state index in [1.165, 1.54) is 37.3 Å². The number of methoxy groups -OCH3 is 2. The number of benzene rings is 2. The monoisotopic (exact) mass is 460 g/mol. The first kappa shape index (κ1) is 21.9. The third kappa shape index (κ3) is 3.84. The Kier molecular flexibility index (Phi) is 5.68. The summed E-state index contributed by atoms with van der Waals surface area (Å²) in [7, 11) is 2.99. The normalized spacial score (nSPS) is 16.8. The van der Waals surface area contributed by atoms with Crippen molar-refractivity contribution in [2.75, 3.05) is 27.3 Å². The predicted molar refractivity (Wildman–Crippen MR) is 115 cm³/mol. The van der Waals surface area contributed by atoms with Gasteiger partial charge >= 0.3 is 0 Å². The molecule has 0 unspecified atom stereocenters. The fourth-order valence-electron chi connectivity index (χ4n) is 4.25. The minimum absolute atomic E-state index is 0.0178. The molecule has 0 aromatic heterocycles. The lowest BCUT2D eigenvalue weighted by molar-refractivity contribution is -0.385. The molecule has 1 spiro atoms. The van der Waals surface area contributed by atoms with Crippen LogP contribution in [0.25, 0.3) is 0 Å². The molecule has 0 atom stereocenters. The van der Waals surface area contributed by atoms with Crippen molar-refractivity contribution >= 4 is 29.0 Å². The molecule has 2 aliphatic rings. The second kappa shape index (κ2) is 8.31. The summed E-state index contributed by atoms with van der Waals surface area (Å²) in [5.41, 5.74) is -0.727. The largest absolute Gasteiger partial charge is 0.496 e. The van der Waals surface area contributed by atoms with E-state index in [1.807, 2.05) is 0 Å². The molecule has 1 amide bonds. The average Bonchev–Trinajstić information content (AvgIpc) is 2.78. The number of nitro benzene ring substituents is 1. The number of carbonyl (C=O) groups is 2. The first-order valence-corrected chi connectivity index (χ1v) is 10.4. The Morgan fingerprint density at radius 3 is 2.53 bits per heavy atom. The zero-order chi connectivity index (χ0) is 23.0. The number of hydrogen-bond acceptors (Lipinski definition) is 7. The van der Waals surface area contributed by atoms with Crippen molar-refractivity contribution in [2.45, 2.75) is 24.9 Å². The molecular formula is C22H21ClN2O7. The van der Waals surface area contributed by atoms with Crippen LogP contribution in [0.4, 0.5) is 5.69 Å². The van der Waals surface area contributed by atoms with Gasteiger partial charge in [0.15, 0.2) is 5.78 Å². The molecule has 32 heavy (non-hydrogen) atoms. The Morgan fingerprint density at radius 1 is 1.19 bits per heavy atom. The number of likely N-dealkylation sites (tertiary alicyclic amines) is 1. The molecule has 4 rings (SSSR count). The van der Waals surface area contributed by atoms with Gasteiger partial charge in [-0.25, -0.2) is 0 Å². The zero-order valence-electron chi connectivity index (χ0n) is 17.6. The summed E-state index contributed by atoms with van der Waals surface area (Å²) in [4.78, 5) is 38.2. The fraction of sp³-hybridized carbons (Fsp3) is 0.364. The van der Waals surface area contributed by atoms with Crippen LogP contribution in [0.1, 0.15) is 40.0 Å². The van der Waals surface area contributed by atoms with E-state index >= 15 is 0 Å². The van der Waals surface area contributed by atoms with Gasteiger partial charge in [0, 0.05) is 49.2 Å². The number of Topliss-reactive ketones (excluding diaryl/α,β-unsaturated/α-hetero) is 1. The molecule has 0 aliphatic carbocycles. The van der Waals surface area contributed by atoms with E-state index in [2.05, 4.69) is 0 Å². The van der Waals surface area contributed by atoms with Crippen LogP contribution >= 0.6 is 11.6 Å². The van der Waals surface area contributed by atoms with Crippen LogP contribution in [0, 0.1) is 10.1 Å². The first-order chi connectivity index (χ1) is 15.3. The SMILES string of the molecule is COc1cc(OC)c2c(c1)OC1(CCN(C(=O)c3ccc(Cl)cc3[N+](=O)[O-])CC1)CC2=O. The number of nitro groups is 1. The van der Waals surface area contributed by atoms with Crippen LogP contribution in [-0.4, -0.2) is 54.4 Å². The van der Waals surface area contributed by atoms with Crippen LogP contribution in [0.3, 0.4) is 0 Å². The summed E-state index contributed by atoms with van der Waals surface area (Å²) < 4.78 is 16.9. The van der Waals surface area contributed by atoms with Crippen LogP contribution in [0.15, 0.2) is 30.3 Å². The summed E-state index contributed by atoms with van der Waals surface area (Å²) >= 11 is 5.85. The van der Waals surface area contributed by atoms with Gasteiger partial charge in [-0.2, -0.15) is 0 Å². The Morgan fingerprint density at radius 2 is 1.91 bits per heavy atom. The molecule has 1 fully saturated rings. The van der Waals surface area contributed by atoms with Gasteiger partial charge in [-0.05, 0) is 12.1 Å². The van der Waals surface area contributed by atoms with Gasteiger partial charge in [0.05, 0.1) is 25.6 Å². The molecule has 0 radical (unpaired) electrons. The maximum atomic E-state index is 13.0. The molecule has 1 saturated heterocycles. The molecule has 2 aromatic carbocycles. The lowest BCUT2D eigenvalue weighted by atomic mass is 9.82. The second-order valence-electron chi connectivity index (χ2n) is 7.80. The molecule has 2 aliphatic heterocycles. The number of amides is 1. The van der Waals surface area contributed by atoms with Crippen LogP contribution in [0.5, 0.6) is 17.2 Å². The van der Waals surface area contributed by atoms with Gasteiger partial charge in [0.2, 0.25) is 0 Å². The lowest BCUT2D eigenvalue weighted by Crippen LogP contribution is -2.52. The van der Waals surface area contributed by atoms with Crippen molar-refractivity contribution in [2.24, 2.45) is 0 Å². The average molecular weight is 461 g/mol. The Hall–Kier alpha value is -3.33. The number of rotatable bonds is 4. The van der Waals surface area contributed by atoms with Crippen LogP contribution in [0.2, 0.25) is 5.02 Å². The number of hydrogen-bond donors (Lipinski definition) is 0. The number of halogens is 1. The van der Waals surface area contributed by atoms with Gasteiger partial charge in [-0.1, -0.05) is 11.6 Å². The molecular weight excluding hydrogens is 440 g/mol. The van der Waals surface area contributed by atoms with Crippen molar-refractivity contribution in [1.82, 2.24) is 4.90 Å². The highest BCUT2D eigenvalue weighted by Gasteiger charge is 2.45. The Bertz CT molecular complexity index is 1110. The van der Waals surface area contributed by atoms with Gasteiger partial charge in [0.25, 0.3) is 11.6 Å². The molecule has 2 aromatic rings. The van der Waals surface area contributed by atoms with E-state index in [1.54, 1.807) is 12.1 Å². The second-order valence-corrected chi connectivity index (χ2v) is 8.24. The Balaban J connectivity index is 1.55. The van der Waals surface area contributed by atoms with Crippen LogP contribution < -0.4 is 14.2 Å². The summed E-state index contributed by atoms with van der Waals surface area (Å²) in [6.07, 6.45) is 0.974. The molecule has 0 bridgehead atoms. The number of ketones is 1. The highest BCUT2D eigenvalue weighted by Crippen LogP contribution is 2.45. The van der Waals surface area contributed by atoms with E-state index in [0.717, 1.165) is 0 Å². The third-order valence-corrected chi connectivity index (χ3v) is 6.17. The standard InChI is InChI=1S/C22H21ClN2O7/c1-30-14-10-18(31-2)20-17(26)12-22(32-19(20)11-14)5-7-24(8-6-22)21(27)15-4-3-13(23)9-16(15)25(28)29/h3-4,9-11H,5-8,12H2,1-2H3. The first-order valence-electron chi connectivity index (χ1n) is 9.98. The fourth-order valence-corrected chi connectivity index (χ4v) is 4.42. The maximum absolute atomic E-state index is 13.0. The van der Waals surface area contributed by atoms with E-state index < -0.39 is 16.4 Å². The molecule has 2 heterocycles. The van der Waals surface area contributed by atoms with Gasteiger partial charge in [0.1, 0.15) is 34.0 Å². The minimum atomic E-state index is -0.760. The zero-order valence-corrected chi connectivity index (χ0v) is 18.3.